The van der Waals surface area contributed by atoms with Gasteiger partial charge in [0, 0.05) is 101 Å². The zero-order chi connectivity index (χ0) is 81.0. The van der Waals surface area contributed by atoms with Crippen LogP contribution in [0.4, 0.5) is 11.4 Å². The quantitative estimate of drug-likeness (QED) is 0.0180. The van der Waals surface area contributed by atoms with Crippen molar-refractivity contribution in [2.75, 3.05) is 139 Å². The fourth-order valence-electron chi connectivity index (χ4n) is 12.0. The summed E-state index contributed by atoms with van der Waals surface area (Å²) in [5.41, 5.74) is 3.12. The first-order valence-corrected chi connectivity index (χ1v) is 39.1. The van der Waals surface area contributed by atoms with Crippen molar-refractivity contribution in [1.82, 2.24) is 31.9 Å². The third-order valence-corrected chi connectivity index (χ3v) is 20.0. The minimum Gasteiger partial charge on any atom is -0.477 e. The third kappa shape index (κ3) is 28.5. The lowest BCUT2D eigenvalue weighted by molar-refractivity contribution is -0.310. The van der Waals surface area contributed by atoms with E-state index in [1.807, 2.05) is 60.7 Å². The molecule has 614 valence electrons. The molecular formula is C76H102N8O26S2. The van der Waals surface area contributed by atoms with Crippen LogP contribution in [0.2, 0.25) is 0 Å². The molecule has 34 nitrogen and oxygen atoms in total. The largest absolute Gasteiger partial charge is 0.477 e. The van der Waals surface area contributed by atoms with Gasteiger partial charge in [-0.15, -0.1) is 0 Å². The molecule has 0 aromatic heterocycles. The number of nitrogens with one attached hydrogen (secondary N) is 8. The van der Waals surface area contributed by atoms with Gasteiger partial charge in [-0.1, -0.05) is 84.9 Å². The Kier molecular flexibility index (Phi) is 38.2. The predicted octanol–water partition coefficient (Wildman–Crippen LogP) is -0.0264. The van der Waals surface area contributed by atoms with E-state index in [-0.39, 0.29) is 139 Å². The van der Waals surface area contributed by atoms with Gasteiger partial charge in [0.05, 0.1) is 103 Å². The molecule has 2 unspecified atom stereocenters. The lowest BCUT2D eigenvalue weighted by Gasteiger charge is -2.46. The minimum absolute atomic E-state index is 0.135. The van der Waals surface area contributed by atoms with Crippen LogP contribution in [0.25, 0.3) is 22.3 Å². The highest BCUT2D eigenvalue weighted by Crippen LogP contribution is 2.36. The number of carbonyl (C=O) groups is 8. The summed E-state index contributed by atoms with van der Waals surface area (Å²) in [7, 11) is 0. The standard InChI is InChI=1S/C76H102N8O26S2/c1-47(85)83-61-55(87)43-75(73(99)100,109-69(61)65(93)57(89)45-81-71(97)53-19-15-51(16-20-53)49-11-5-3-6-12-49)107-29-9-39-111-41-23-59(91)77-25-31-103-35-37-105-33-27-79-63-64(68(96)67(63)95)80-28-34-106-38-36-104-32-26-78-60(92)24-42-112-40-10-30-108-76(74(101)102)44-56(88)62(84-48(2)86)70(110-76)66(94)58(90)46-82-72(98)54-21-17-52(18-22-54)50-13-7-4-8-14-50/h3-8,11-22,55-58,61-62,65-66,69-70,79-80,87-90,93-94H,9-10,23-46H2,1-2H3,(H,77,91)(H,78,92)(H,81,97)(H,82,98)(H,83,85)(H,84,86)(H,99,100)(H,101,102)/t55-,56-,57+,58+,61+,62+,65?,66?,69+,70+,75+,76+/m0/s1. The van der Waals surface area contributed by atoms with Crippen molar-refractivity contribution in [3.63, 3.8) is 0 Å². The second-order valence-corrected chi connectivity index (χ2v) is 28.7. The van der Waals surface area contributed by atoms with E-state index in [0.717, 1.165) is 36.1 Å². The molecular weight excluding hydrogens is 1500 g/mol. The van der Waals surface area contributed by atoms with Crippen LogP contribution in [-0.4, -0.2) is 289 Å². The average molecular weight is 1610 g/mol. The van der Waals surface area contributed by atoms with E-state index in [4.69, 9.17) is 37.9 Å². The summed E-state index contributed by atoms with van der Waals surface area (Å²) in [6.45, 7) is 3.52. The maximum Gasteiger partial charge on any atom is 0.364 e. The molecule has 0 aliphatic carbocycles. The van der Waals surface area contributed by atoms with Crippen molar-refractivity contribution in [2.45, 2.75) is 125 Å². The first-order valence-electron chi connectivity index (χ1n) is 36.7. The number of carboxylic acid groups (broad SMARTS) is 2. The van der Waals surface area contributed by atoms with Gasteiger partial charge in [-0.3, -0.25) is 38.4 Å². The molecule has 0 bridgehead atoms. The molecule has 2 fully saturated rings. The molecule has 2 aliphatic rings. The monoisotopic (exact) mass is 1610 g/mol. The Morgan fingerprint density at radius 2 is 0.795 bits per heavy atom. The van der Waals surface area contributed by atoms with E-state index in [1.54, 1.807) is 48.5 Å². The van der Waals surface area contributed by atoms with Crippen LogP contribution in [0.15, 0.2) is 119 Å². The number of aliphatic hydroxyl groups is 6. The van der Waals surface area contributed by atoms with Gasteiger partial charge in [-0.05, 0) is 70.9 Å². The SMILES string of the molecule is CC(=O)N[C@@H]1[C@@H](O)C[C@](OCCCSCCC(=O)NCCOCCOCCNc2c(NCCOCCOCCNC(=O)CCSCCCO[C@]3(C(=O)O)C[C@H](O)[C@@H](NC(C)=O)[C@H](C(O)[C@H](O)CNC(=O)c4ccc(-c5ccccc5)cc4)O3)c(=O)c2=O)(C(=O)O)O[C@H]1C(O)[C@H](O)CNC(=O)c1ccc(-c2ccccc2)cc1. The normalized spacial score (nSPS) is 20.6. The highest BCUT2D eigenvalue weighted by atomic mass is 32.2. The number of aliphatic carboxylic acids is 2. The number of anilines is 2. The second-order valence-electron chi connectivity index (χ2n) is 26.2. The zero-order valence-electron chi connectivity index (χ0n) is 62.3. The number of hydrogen-bond donors (Lipinski definition) is 16. The Morgan fingerprint density at radius 3 is 1.13 bits per heavy atom. The molecule has 7 rings (SSSR count). The van der Waals surface area contributed by atoms with E-state index in [2.05, 4.69) is 42.5 Å². The third-order valence-electron chi connectivity index (χ3n) is 17.8. The Bertz CT molecular complexity index is 3610. The number of aliphatic hydroxyl groups excluding tert-OH is 6. The number of rotatable bonds is 52. The van der Waals surface area contributed by atoms with Crippen LogP contribution < -0.4 is 53.4 Å². The fourth-order valence-corrected chi connectivity index (χ4v) is 13.7. The van der Waals surface area contributed by atoms with E-state index in [1.165, 1.54) is 23.5 Å². The van der Waals surface area contributed by atoms with E-state index < -0.39 is 145 Å². The number of hydrogen-bond acceptors (Lipinski definition) is 28. The first-order chi connectivity index (χ1) is 53.8. The Balaban J connectivity index is 0.653. The highest BCUT2D eigenvalue weighted by molar-refractivity contribution is 7.99. The summed E-state index contributed by atoms with van der Waals surface area (Å²) in [5, 5.41) is 109. The molecule has 6 amide bonds. The van der Waals surface area contributed by atoms with Gasteiger partial charge in [0.2, 0.25) is 23.6 Å². The Hall–Kier alpha value is -8.54. The van der Waals surface area contributed by atoms with Gasteiger partial charge in [0.1, 0.15) is 35.8 Å². The molecule has 112 heavy (non-hydrogen) atoms. The molecule has 16 N–H and O–H groups in total. The van der Waals surface area contributed by atoms with Gasteiger partial charge >= 0.3 is 11.9 Å². The maximum atomic E-state index is 13.0. The number of amides is 6. The Morgan fingerprint density at radius 1 is 0.455 bits per heavy atom. The first kappa shape index (κ1) is 90.7. The van der Waals surface area contributed by atoms with E-state index in [0.29, 0.717) is 35.9 Å². The lowest BCUT2D eigenvalue weighted by atomic mass is 9.88. The minimum atomic E-state index is -2.48. The van der Waals surface area contributed by atoms with Gasteiger partial charge in [0.15, 0.2) is 0 Å². The molecule has 2 heterocycles. The van der Waals surface area contributed by atoms with E-state index in [9.17, 15) is 88.8 Å². The van der Waals surface area contributed by atoms with Crippen LogP contribution in [0, 0.1) is 0 Å². The molecule has 5 aromatic carbocycles. The Labute approximate surface area is 655 Å². The fraction of sp³-hybridized carbons (Fsp3) is 0.526. The zero-order valence-corrected chi connectivity index (χ0v) is 63.9. The molecule has 0 saturated carbocycles. The summed E-state index contributed by atoms with van der Waals surface area (Å²) in [6, 6.07) is 29.7. The number of ether oxygens (including phenoxy) is 8. The van der Waals surface area contributed by atoms with Crippen LogP contribution in [0.3, 0.4) is 0 Å². The molecule has 12 atom stereocenters. The number of carboxylic acids is 2. The molecule has 0 spiro atoms. The van der Waals surface area contributed by atoms with Crippen LogP contribution in [0.5, 0.6) is 0 Å². The summed E-state index contributed by atoms with van der Waals surface area (Å²) in [5.74, 6) is -9.31. The van der Waals surface area contributed by atoms with Crippen molar-refractivity contribution in [1.29, 1.82) is 0 Å². The van der Waals surface area contributed by atoms with Crippen LogP contribution >= 0.6 is 23.5 Å². The summed E-state index contributed by atoms with van der Waals surface area (Å²) < 4.78 is 45.3. The molecule has 36 heteroatoms. The van der Waals surface area contributed by atoms with Gasteiger partial charge < -0.3 is 121 Å². The molecule has 5 aromatic rings. The van der Waals surface area contributed by atoms with Crippen molar-refractivity contribution >= 4 is 82.3 Å². The highest BCUT2D eigenvalue weighted by Gasteiger charge is 2.57. The predicted molar refractivity (Wildman–Crippen MR) is 412 cm³/mol. The number of carbonyl (C=O) groups excluding carboxylic acids is 6. The summed E-state index contributed by atoms with van der Waals surface area (Å²) in [4.78, 5) is 125. The molecule has 0 radical (unpaired) electrons. The van der Waals surface area contributed by atoms with Crippen LogP contribution in [-0.2, 0) is 66.7 Å². The van der Waals surface area contributed by atoms with Crippen LogP contribution in [0.1, 0.15) is 73.1 Å². The van der Waals surface area contributed by atoms with Gasteiger partial charge in [-0.25, -0.2) is 9.59 Å². The number of thioether (sulfide) groups is 2. The number of benzene rings is 4. The van der Waals surface area contributed by atoms with Crippen molar-refractivity contribution in [3.8, 4) is 22.3 Å². The molecule has 2 aliphatic heterocycles. The van der Waals surface area contributed by atoms with Crippen molar-refractivity contribution < 1.29 is 117 Å². The topological polar surface area (TPSA) is 503 Å². The molecule has 2 saturated heterocycles. The van der Waals surface area contributed by atoms with Gasteiger partial charge in [-0.2, -0.15) is 23.5 Å². The summed E-state index contributed by atoms with van der Waals surface area (Å²) in [6.07, 6.45) is -14.3. The van der Waals surface area contributed by atoms with Gasteiger partial charge in [0.25, 0.3) is 34.2 Å². The smallest absolute Gasteiger partial charge is 0.364 e. The maximum absolute atomic E-state index is 13.0. The van der Waals surface area contributed by atoms with E-state index >= 15 is 0 Å². The second kappa shape index (κ2) is 47.2. The average Bonchev–Trinajstić information content (AvgIpc) is 0.758. The van der Waals surface area contributed by atoms with Crippen molar-refractivity contribution in [2.24, 2.45) is 0 Å². The van der Waals surface area contributed by atoms with Crippen molar-refractivity contribution in [3.05, 3.63) is 141 Å². The lowest BCUT2D eigenvalue weighted by Crippen LogP contribution is -2.68. The summed E-state index contributed by atoms with van der Waals surface area (Å²) >= 11 is 2.81.